The van der Waals surface area contributed by atoms with Gasteiger partial charge in [-0.2, -0.15) is 0 Å². The topological polar surface area (TPSA) is 101 Å². The van der Waals surface area contributed by atoms with Crippen LogP contribution in [0.2, 0.25) is 0 Å². The summed E-state index contributed by atoms with van der Waals surface area (Å²) >= 11 is 1.32. The van der Waals surface area contributed by atoms with Gasteiger partial charge in [-0.05, 0) is 37.3 Å². The summed E-state index contributed by atoms with van der Waals surface area (Å²) in [4.78, 5) is 34.6. The number of benzene rings is 2. The summed E-state index contributed by atoms with van der Waals surface area (Å²) in [6, 6.07) is 13.1. The van der Waals surface area contributed by atoms with E-state index in [2.05, 4.69) is 10.6 Å². The van der Waals surface area contributed by atoms with Gasteiger partial charge < -0.3 is 10.6 Å². The maximum absolute atomic E-state index is 12.3. The van der Waals surface area contributed by atoms with Crippen LogP contribution >= 0.6 is 11.8 Å². The predicted octanol–water partition coefficient (Wildman–Crippen LogP) is 3.67. The molecule has 0 bridgehead atoms. The summed E-state index contributed by atoms with van der Waals surface area (Å²) in [7, 11) is 0. The number of anilines is 2. The molecule has 0 radical (unpaired) electrons. The molecule has 8 heteroatoms. The average Bonchev–Trinajstić information content (AvgIpc) is 2.56. The number of thioether (sulfide) groups is 1. The van der Waals surface area contributed by atoms with Crippen molar-refractivity contribution >= 4 is 40.6 Å². The zero-order valence-corrected chi connectivity index (χ0v) is 14.5. The molecule has 0 saturated heterocycles. The molecule has 0 aliphatic carbocycles. The van der Waals surface area contributed by atoms with Gasteiger partial charge in [0, 0.05) is 23.6 Å². The SMILES string of the molecule is CC(=O)Nc1ccc(SC(C)C(=O)Nc2ccccc2[N+](=O)[O-])cc1. The highest BCUT2D eigenvalue weighted by Crippen LogP contribution is 2.28. The third kappa shape index (κ3) is 5.32. The van der Waals surface area contributed by atoms with E-state index in [1.165, 1.54) is 30.8 Å². The van der Waals surface area contributed by atoms with E-state index in [0.29, 0.717) is 5.69 Å². The lowest BCUT2D eigenvalue weighted by Crippen LogP contribution is -2.22. The molecule has 2 rings (SSSR count). The van der Waals surface area contributed by atoms with Gasteiger partial charge in [0.15, 0.2) is 0 Å². The predicted molar refractivity (Wildman–Crippen MR) is 97.8 cm³/mol. The van der Waals surface area contributed by atoms with Crippen molar-refractivity contribution in [3.63, 3.8) is 0 Å². The van der Waals surface area contributed by atoms with Gasteiger partial charge in [-0.15, -0.1) is 11.8 Å². The van der Waals surface area contributed by atoms with Crippen molar-refractivity contribution in [3.8, 4) is 0 Å². The van der Waals surface area contributed by atoms with Crippen molar-refractivity contribution in [2.75, 3.05) is 10.6 Å². The Kier molecular flexibility index (Phi) is 6.13. The Hall–Kier alpha value is -2.87. The maximum Gasteiger partial charge on any atom is 0.292 e. The number of nitrogens with one attached hydrogen (secondary N) is 2. The quantitative estimate of drug-likeness (QED) is 0.465. The van der Waals surface area contributed by atoms with Crippen LogP contribution in [0.3, 0.4) is 0 Å². The Morgan fingerprint density at radius 2 is 1.72 bits per heavy atom. The Morgan fingerprint density at radius 1 is 1.08 bits per heavy atom. The first-order valence-electron chi connectivity index (χ1n) is 7.45. The molecule has 2 aromatic carbocycles. The third-order valence-corrected chi connectivity index (χ3v) is 4.33. The highest BCUT2D eigenvalue weighted by atomic mass is 32.2. The lowest BCUT2D eigenvalue weighted by molar-refractivity contribution is -0.383. The van der Waals surface area contributed by atoms with E-state index in [1.807, 2.05) is 0 Å². The summed E-state index contributed by atoms with van der Waals surface area (Å²) in [6.07, 6.45) is 0. The van der Waals surface area contributed by atoms with Gasteiger partial charge >= 0.3 is 0 Å². The van der Waals surface area contributed by atoms with Gasteiger partial charge in [0.25, 0.3) is 5.69 Å². The van der Waals surface area contributed by atoms with Gasteiger partial charge in [-0.1, -0.05) is 12.1 Å². The number of amides is 2. The second-order valence-electron chi connectivity index (χ2n) is 5.23. The van der Waals surface area contributed by atoms with Gasteiger partial charge in [-0.3, -0.25) is 19.7 Å². The lowest BCUT2D eigenvalue weighted by atomic mass is 10.2. The molecule has 0 aliphatic rings. The molecule has 0 saturated carbocycles. The number of hydrogen-bond donors (Lipinski definition) is 2. The van der Waals surface area contributed by atoms with Crippen LogP contribution < -0.4 is 10.6 Å². The average molecular weight is 359 g/mol. The second kappa shape index (κ2) is 8.29. The minimum absolute atomic E-state index is 0.146. The van der Waals surface area contributed by atoms with Crippen molar-refractivity contribution in [3.05, 3.63) is 58.6 Å². The first-order valence-corrected chi connectivity index (χ1v) is 8.33. The highest BCUT2D eigenvalue weighted by Gasteiger charge is 2.19. The second-order valence-corrected chi connectivity index (χ2v) is 6.64. The monoisotopic (exact) mass is 359 g/mol. The van der Waals surface area contributed by atoms with E-state index in [-0.39, 0.29) is 23.2 Å². The standard InChI is InChI=1S/C17H17N3O4S/c1-11(25-14-9-7-13(8-10-14)18-12(2)21)17(22)19-15-5-3-4-6-16(15)20(23)24/h3-11H,1-2H3,(H,18,21)(H,19,22). The molecule has 130 valence electrons. The number of hydrogen-bond acceptors (Lipinski definition) is 5. The van der Waals surface area contributed by atoms with Crippen LogP contribution in [-0.4, -0.2) is 22.0 Å². The van der Waals surface area contributed by atoms with E-state index < -0.39 is 10.2 Å². The number of carbonyl (C=O) groups excluding carboxylic acids is 2. The zero-order valence-electron chi connectivity index (χ0n) is 13.7. The van der Waals surface area contributed by atoms with Crippen LogP contribution in [0.1, 0.15) is 13.8 Å². The molecule has 2 N–H and O–H groups in total. The fourth-order valence-electron chi connectivity index (χ4n) is 2.05. The molecule has 2 amide bonds. The van der Waals surface area contributed by atoms with E-state index >= 15 is 0 Å². The Balaban J connectivity index is 2.01. The number of nitro groups is 1. The molecule has 0 spiro atoms. The minimum atomic E-state index is -0.534. The molecule has 0 fully saturated rings. The van der Waals surface area contributed by atoms with Crippen LogP contribution in [-0.2, 0) is 9.59 Å². The van der Waals surface area contributed by atoms with Crippen molar-refractivity contribution in [2.45, 2.75) is 24.0 Å². The summed E-state index contributed by atoms with van der Waals surface area (Å²) in [5, 5.41) is 15.8. The number of carbonyl (C=O) groups is 2. The molecule has 1 unspecified atom stereocenters. The molecular weight excluding hydrogens is 342 g/mol. The molecule has 0 aromatic heterocycles. The molecular formula is C17H17N3O4S. The maximum atomic E-state index is 12.3. The first kappa shape index (κ1) is 18.5. The van der Waals surface area contributed by atoms with E-state index in [0.717, 1.165) is 4.90 Å². The smallest absolute Gasteiger partial charge is 0.292 e. The third-order valence-electron chi connectivity index (χ3n) is 3.22. The largest absolute Gasteiger partial charge is 0.326 e. The Morgan fingerprint density at radius 3 is 2.32 bits per heavy atom. The normalized spacial score (nSPS) is 11.4. The highest BCUT2D eigenvalue weighted by molar-refractivity contribution is 8.00. The fraction of sp³-hybridized carbons (Fsp3) is 0.176. The summed E-state index contributed by atoms with van der Waals surface area (Å²) < 4.78 is 0. The minimum Gasteiger partial charge on any atom is -0.326 e. The molecule has 25 heavy (non-hydrogen) atoms. The van der Waals surface area contributed by atoms with E-state index in [4.69, 9.17) is 0 Å². The number of nitrogens with zero attached hydrogens (tertiary/aromatic N) is 1. The Labute approximate surface area is 149 Å². The number of rotatable bonds is 6. The van der Waals surface area contributed by atoms with Gasteiger partial charge in [0.05, 0.1) is 10.2 Å². The van der Waals surface area contributed by atoms with Crippen LogP contribution in [0, 0.1) is 10.1 Å². The van der Waals surface area contributed by atoms with E-state index in [9.17, 15) is 19.7 Å². The van der Waals surface area contributed by atoms with Crippen molar-refractivity contribution in [1.82, 2.24) is 0 Å². The number of nitro benzene ring substituents is 1. The number of para-hydroxylation sites is 2. The van der Waals surface area contributed by atoms with Crippen molar-refractivity contribution < 1.29 is 14.5 Å². The van der Waals surface area contributed by atoms with Crippen LogP contribution in [0.4, 0.5) is 17.1 Å². The molecule has 1 atom stereocenters. The van der Waals surface area contributed by atoms with Crippen LogP contribution in [0.5, 0.6) is 0 Å². The van der Waals surface area contributed by atoms with E-state index in [1.54, 1.807) is 43.3 Å². The molecule has 0 heterocycles. The van der Waals surface area contributed by atoms with Gasteiger partial charge in [-0.25, -0.2) is 0 Å². The molecule has 7 nitrogen and oxygen atoms in total. The van der Waals surface area contributed by atoms with Gasteiger partial charge in [0.1, 0.15) is 5.69 Å². The van der Waals surface area contributed by atoms with Gasteiger partial charge in [0.2, 0.25) is 11.8 Å². The molecule has 0 aliphatic heterocycles. The fourth-order valence-corrected chi connectivity index (χ4v) is 2.92. The van der Waals surface area contributed by atoms with Crippen molar-refractivity contribution in [1.29, 1.82) is 0 Å². The van der Waals surface area contributed by atoms with Crippen LogP contribution in [0.15, 0.2) is 53.4 Å². The summed E-state index contributed by atoms with van der Waals surface area (Å²) in [5.74, 6) is -0.483. The zero-order chi connectivity index (χ0) is 18.4. The van der Waals surface area contributed by atoms with Crippen molar-refractivity contribution in [2.24, 2.45) is 0 Å². The summed E-state index contributed by atoms with van der Waals surface area (Å²) in [6.45, 7) is 3.15. The first-order chi connectivity index (χ1) is 11.9. The summed E-state index contributed by atoms with van der Waals surface area (Å²) in [5.41, 5.74) is 0.701. The Bertz CT molecular complexity index is 793. The molecule has 2 aromatic rings. The lowest BCUT2D eigenvalue weighted by Gasteiger charge is -2.12. The van der Waals surface area contributed by atoms with Crippen LogP contribution in [0.25, 0.3) is 0 Å².